The zero-order valence-corrected chi connectivity index (χ0v) is 17.1. The van der Waals surface area contributed by atoms with Crippen molar-refractivity contribution in [2.24, 2.45) is 11.8 Å². The molecule has 0 atom stereocenters. The third-order valence-corrected chi connectivity index (χ3v) is 4.60. The fourth-order valence-corrected chi connectivity index (χ4v) is 2.97. The quantitative estimate of drug-likeness (QED) is 0.205. The summed E-state index contributed by atoms with van der Waals surface area (Å²) in [5, 5.41) is 0. The molecule has 2 heteroatoms. The molecule has 0 aliphatic rings. The molecule has 0 amide bonds. The van der Waals surface area contributed by atoms with Crippen molar-refractivity contribution in [3.05, 3.63) is 0 Å². The van der Waals surface area contributed by atoms with E-state index in [9.17, 15) is 4.79 Å². The molecular formula is C22H44O2. The highest BCUT2D eigenvalue weighted by Gasteiger charge is 2.02. The van der Waals surface area contributed by atoms with Crippen LogP contribution in [0.1, 0.15) is 118 Å². The van der Waals surface area contributed by atoms with E-state index in [1.165, 1.54) is 70.6 Å². The molecule has 0 heterocycles. The number of carbonyl (C=O) groups is 1. The van der Waals surface area contributed by atoms with Gasteiger partial charge < -0.3 is 4.74 Å². The summed E-state index contributed by atoms with van der Waals surface area (Å²) in [6.45, 7) is 9.77. The number of ether oxygens (including phenoxy) is 1. The first-order chi connectivity index (χ1) is 11.5. The van der Waals surface area contributed by atoms with Crippen LogP contribution < -0.4 is 0 Å². The van der Waals surface area contributed by atoms with Gasteiger partial charge in [-0.25, -0.2) is 0 Å². The average molecular weight is 341 g/mol. The molecule has 2 nitrogen and oxygen atoms in total. The first-order valence-electron chi connectivity index (χ1n) is 10.7. The zero-order chi connectivity index (χ0) is 18.0. The van der Waals surface area contributed by atoms with Gasteiger partial charge in [-0.15, -0.1) is 0 Å². The van der Waals surface area contributed by atoms with Crippen molar-refractivity contribution in [3.8, 4) is 0 Å². The Kier molecular flexibility index (Phi) is 16.9. The Morgan fingerprint density at radius 3 is 1.54 bits per heavy atom. The van der Waals surface area contributed by atoms with Crippen molar-refractivity contribution in [1.82, 2.24) is 0 Å². The molecule has 24 heavy (non-hydrogen) atoms. The zero-order valence-electron chi connectivity index (χ0n) is 17.1. The van der Waals surface area contributed by atoms with E-state index in [0.717, 1.165) is 24.7 Å². The first kappa shape index (κ1) is 23.5. The van der Waals surface area contributed by atoms with Crippen LogP contribution in [0.3, 0.4) is 0 Å². The van der Waals surface area contributed by atoms with Crippen LogP contribution in [0.5, 0.6) is 0 Å². The molecule has 0 aliphatic carbocycles. The van der Waals surface area contributed by atoms with Crippen molar-refractivity contribution >= 4 is 5.97 Å². The van der Waals surface area contributed by atoms with E-state index >= 15 is 0 Å². The maximum absolute atomic E-state index is 11.6. The van der Waals surface area contributed by atoms with Crippen LogP contribution in [-0.2, 0) is 9.53 Å². The molecule has 0 N–H and O–H groups in total. The molecule has 0 saturated carbocycles. The van der Waals surface area contributed by atoms with Crippen molar-refractivity contribution in [2.75, 3.05) is 6.61 Å². The smallest absolute Gasteiger partial charge is 0.305 e. The maximum Gasteiger partial charge on any atom is 0.305 e. The molecule has 0 aromatic rings. The highest BCUT2D eigenvalue weighted by Crippen LogP contribution is 2.13. The van der Waals surface area contributed by atoms with Gasteiger partial charge in [-0.2, -0.15) is 0 Å². The fourth-order valence-electron chi connectivity index (χ4n) is 2.97. The van der Waals surface area contributed by atoms with Crippen LogP contribution >= 0.6 is 0 Å². The van der Waals surface area contributed by atoms with Crippen LogP contribution in [0.2, 0.25) is 0 Å². The third-order valence-electron chi connectivity index (χ3n) is 4.60. The van der Waals surface area contributed by atoms with Crippen LogP contribution in [0.4, 0.5) is 0 Å². The molecule has 0 spiro atoms. The molecule has 0 aliphatic heterocycles. The maximum atomic E-state index is 11.6. The predicted molar refractivity (Wildman–Crippen MR) is 105 cm³/mol. The van der Waals surface area contributed by atoms with E-state index in [-0.39, 0.29) is 5.97 Å². The molecule has 0 unspecified atom stereocenters. The Hall–Kier alpha value is -0.530. The Bertz CT molecular complexity index is 245. The molecule has 144 valence electrons. The van der Waals surface area contributed by atoms with Crippen LogP contribution in [0.25, 0.3) is 0 Å². The second kappa shape index (κ2) is 17.3. The van der Waals surface area contributed by atoms with Crippen molar-refractivity contribution in [2.45, 2.75) is 118 Å². The normalized spacial score (nSPS) is 11.4. The summed E-state index contributed by atoms with van der Waals surface area (Å²) < 4.78 is 5.32. The van der Waals surface area contributed by atoms with Gasteiger partial charge in [0.1, 0.15) is 0 Å². The van der Waals surface area contributed by atoms with Gasteiger partial charge in [0.2, 0.25) is 0 Å². The lowest BCUT2D eigenvalue weighted by molar-refractivity contribution is -0.143. The summed E-state index contributed by atoms with van der Waals surface area (Å²) in [5.74, 6) is 1.67. The van der Waals surface area contributed by atoms with Gasteiger partial charge in [0.15, 0.2) is 0 Å². The lowest BCUT2D eigenvalue weighted by Gasteiger charge is -2.06. The van der Waals surface area contributed by atoms with E-state index in [1.54, 1.807) is 0 Å². The Balaban J connectivity index is 3.19. The van der Waals surface area contributed by atoms with Crippen molar-refractivity contribution < 1.29 is 9.53 Å². The standard InChI is InChI=1S/C22H44O2/c1-20(2)16-12-8-5-6-10-14-18-22(23)24-19-15-11-7-9-13-17-21(3)4/h20-21H,5-19H2,1-4H3. The van der Waals surface area contributed by atoms with Gasteiger partial charge in [0, 0.05) is 6.42 Å². The van der Waals surface area contributed by atoms with E-state index in [1.807, 2.05) is 0 Å². The lowest BCUT2D eigenvalue weighted by atomic mass is 10.0. The number of esters is 1. The van der Waals surface area contributed by atoms with Crippen LogP contribution in [0, 0.1) is 11.8 Å². The van der Waals surface area contributed by atoms with Gasteiger partial charge in [0.25, 0.3) is 0 Å². The highest BCUT2D eigenvalue weighted by molar-refractivity contribution is 5.69. The van der Waals surface area contributed by atoms with E-state index < -0.39 is 0 Å². The van der Waals surface area contributed by atoms with Gasteiger partial charge in [0.05, 0.1) is 6.61 Å². The number of unbranched alkanes of at least 4 members (excludes halogenated alkanes) is 9. The number of rotatable bonds is 17. The minimum atomic E-state index is 0.00890. The topological polar surface area (TPSA) is 26.3 Å². The summed E-state index contributed by atoms with van der Waals surface area (Å²) in [5.41, 5.74) is 0. The molecule has 0 aromatic heterocycles. The van der Waals surface area contributed by atoms with E-state index in [2.05, 4.69) is 27.7 Å². The first-order valence-corrected chi connectivity index (χ1v) is 10.7. The minimum Gasteiger partial charge on any atom is -0.466 e. The monoisotopic (exact) mass is 340 g/mol. The molecular weight excluding hydrogens is 296 g/mol. The Morgan fingerprint density at radius 1 is 0.625 bits per heavy atom. The summed E-state index contributed by atoms with van der Waals surface area (Å²) in [6.07, 6.45) is 16.9. The average Bonchev–Trinajstić information content (AvgIpc) is 2.51. The van der Waals surface area contributed by atoms with E-state index in [0.29, 0.717) is 13.0 Å². The van der Waals surface area contributed by atoms with Crippen molar-refractivity contribution in [1.29, 1.82) is 0 Å². The van der Waals surface area contributed by atoms with Crippen LogP contribution in [0.15, 0.2) is 0 Å². The second-order valence-electron chi connectivity index (χ2n) is 8.22. The summed E-state index contributed by atoms with van der Waals surface area (Å²) in [7, 11) is 0. The molecule has 0 bridgehead atoms. The molecule has 0 fully saturated rings. The largest absolute Gasteiger partial charge is 0.466 e. The molecule has 0 radical (unpaired) electrons. The van der Waals surface area contributed by atoms with Gasteiger partial charge in [-0.1, -0.05) is 98.3 Å². The van der Waals surface area contributed by atoms with Crippen LogP contribution in [-0.4, -0.2) is 12.6 Å². The van der Waals surface area contributed by atoms with Gasteiger partial charge >= 0.3 is 5.97 Å². The Labute approximate surface area is 152 Å². The highest BCUT2D eigenvalue weighted by atomic mass is 16.5. The summed E-state index contributed by atoms with van der Waals surface area (Å²) in [6, 6.07) is 0. The number of hydrogen-bond acceptors (Lipinski definition) is 2. The SMILES string of the molecule is CC(C)CCCCCCCCC(=O)OCCCCCCCC(C)C. The third kappa shape index (κ3) is 19.5. The molecule has 0 aromatic carbocycles. The number of hydrogen-bond donors (Lipinski definition) is 0. The minimum absolute atomic E-state index is 0.00890. The van der Waals surface area contributed by atoms with Gasteiger partial charge in [-0.3, -0.25) is 4.79 Å². The lowest BCUT2D eigenvalue weighted by Crippen LogP contribution is -2.05. The summed E-state index contributed by atoms with van der Waals surface area (Å²) >= 11 is 0. The van der Waals surface area contributed by atoms with Gasteiger partial charge in [-0.05, 0) is 24.7 Å². The van der Waals surface area contributed by atoms with Crippen molar-refractivity contribution in [3.63, 3.8) is 0 Å². The predicted octanol–water partition coefficient (Wildman–Crippen LogP) is 7.30. The molecule has 0 rings (SSSR count). The van der Waals surface area contributed by atoms with E-state index in [4.69, 9.17) is 4.74 Å². The molecule has 0 saturated heterocycles. The number of carbonyl (C=O) groups excluding carboxylic acids is 1. The second-order valence-corrected chi connectivity index (χ2v) is 8.22. The Morgan fingerprint density at radius 2 is 1.04 bits per heavy atom. The summed E-state index contributed by atoms with van der Waals surface area (Å²) in [4.78, 5) is 11.6. The fraction of sp³-hybridized carbons (Fsp3) is 0.955.